The molecule has 50 heavy (non-hydrogen) atoms. The number of ether oxygens (including phenoxy) is 1. The third-order valence-corrected chi connectivity index (χ3v) is 9.41. The lowest BCUT2D eigenvalue weighted by atomic mass is 9.81. The molecule has 5 heterocycles. The van der Waals surface area contributed by atoms with E-state index in [1.165, 1.54) is 28.7 Å². The predicted molar refractivity (Wildman–Crippen MR) is 160 cm³/mol. The first kappa shape index (κ1) is 35.4. The van der Waals surface area contributed by atoms with E-state index in [0.29, 0.717) is 16.2 Å². The summed E-state index contributed by atoms with van der Waals surface area (Å²) in [6.07, 6.45) is 1.52. The van der Waals surface area contributed by atoms with Crippen LogP contribution in [0, 0.1) is 18.8 Å². The van der Waals surface area contributed by atoms with Gasteiger partial charge in [0.05, 0.1) is 43.1 Å². The Morgan fingerprint density at radius 2 is 1.66 bits per heavy atom. The Bertz CT molecular complexity index is 1770. The van der Waals surface area contributed by atoms with Gasteiger partial charge in [0, 0.05) is 31.8 Å². The summed E-state index contributed by atoms with van der Waals surface area (Å²) in [6, 6.07) is 0.703. The second kappa shape index (κ2) is 12.4. The van der Waals surface area contributed by atoms with Crippen molar-refractivity contribution in [2.45, 2.75) is 88.7 Å². The summed E-state index contributed by atoms with van der Waals surface area (Å²) in [6.45, 7) is 3.10. The zero-order valence-electron chi connectivity index (χ0n) is 27.6. The Kier molecular flexibility index (Phi) is 8.77. The van der Waals surface area contributed by atoms with Crippen LogP contribution < -0.4 is 5.32 Å². The quantitative estimate of drug-likeness (QED) is 0.356. The molecule has 3 atom stereocenters. The van der Waals surface area contributed by atoms with Crippen molar-refractivity contribution >= 4 is 23.6 Å². The molecule has 0 aromatic carbocycles. The number of hydrogen-bond donors (Lipinski definition) is 1. The molecule has 3 aliphatic rings. The van der Waals surface area contributed by atoms with Crippen molar-refractivity contribution < 1.29 is 50.1 Å². The number of alkyl halides is 6. The maximum atomic E-state index is 14.1. The molecule has 0 unspecified atom stereocenters. The van der Waals surface area contributed by atoms with Gasteiger partial charge < -0.3 is 19.9 Å². The van der Waals surface area contributed by atoms with Crippen LogP contribution in [0.4, 0.5) is 31.1 Å². The zero-order valence-corrected chi connectivity index (χ0v) is 27.6. The van der Waals surface area contributed by atoms with E-state index in [9.17, 15) is 40.7 Å². The van der Waals surface area contributed by atoms with Crippen molar-refractivity contribution in [1.29, 1.82) is 0 Å². The van der Waals surface area contributed by atoms with Crippen LogP contribution in [0.2, 0.25) is 0 Å². The zero-order chi connectivity index (χ0) is 36.4. The molecule has 3 amide bonds. The number of likely N-dealkylation sites (tertiary alicyclic amines) is 2. The van der Waals surface area contributed by atoms with Crippen molar-refractivity contribution in [2.75, 3.05) is 26.2 Å². The maximum Gasteiger partial charge on any atom is 0.410 e. The van der Waals surface area contributed by atoms with Crippen LogP contribution in [0.5, 0.6) is 0 Å². The predicted octanol–water partition coefficient (Wildman–Crippen LogP) is 4.78. The number of aromatic nitrogens is 5. The normalized spacial score (nSPS) is 24.0. The summed E-state index contributed by atoms with van der Waals surface area (Å²) in [7, 11) is 0. The Morgan fingerprint density at radius 1 is 1.00 bits per heavy atom. The van der Waals surface area contributed by atoms with Crippen molar-refractivity contribution in [3.05, 3.63) is 41.1 Å². The van der Waals surface area contributed by atoms with Gasteiger partial charge in [-0.2, -0.15) is 22.7 Å². The first-order valence-electron chi connectivity index (χ1n) is 16.1. The Hall–Kier alpha value is -4.45. The minimum atomic E-state index is -4.42. The standard InChI is InChI=1S/C31H36F6N8O5/c1-16-23(42-50-41-16)25(46)40-24(17-5-7-29(32,33)8-6-17)21-13-45-22(39-21)9-18(10-38-45)19-11-43(27(48)49-28(2,3)4)12-20(19)26(47)44-14-30(34,35)31(36,37)15-44/h9-10,13,17,19-20,24H,5-8,11-12,14-15H2,1-4H3,(H,40,46)/t19-,20-,24-/m0/s1. The van der Waals surface area contributed by atoms with E-state index in [2.05, 4.69) is 30.3 Å². The molecule has 1 saturated carbocycles. The molecule has 3 fully saturated rings. The van der Waals surface area contributed by atoms with E-state index in [1.54, 1.807) is 26.8 Å². The van der Waals surface area contributed by atoms with E-state index >= 15 is 0 Å². The van der Waals surface area contributed by atoms with E-state index < -0.39 is 78.2 Å². The number of carbonyl (C=O) groups excluding carboxylic acids is 3. The minimum absolute atomic E-state index is 0.0830. The number of hydrogen-bond acceptors (Lipinski definition) is 9. The van der Waals surface area contributed by atoms with Gasteiger partial charge in [-0.1, -0.05) is 5.16 Å². The fraction of sp³-hybridized carbons (Fsp3) is 0.645. The molecule has 1 N–H and O–H groups in total. The second-order valence-electron chi connectivity index (χ2n) is 14.3. The Balaban J connectivity index is 1.31. The van der Waals surface area contributed by atoms with Crippen molar-refractivity contribution in [3.63, 3.8) is 0 Å². The van der Waals surface area contributed by atoms with Gasteiger partial charge in [-0.25, -0.2) is 27.7 Å². The molecule has 0 radical (unpaired) electrons. The van der Waals surface area contributed by atoms with Crippen LogP contribution in [0.15, 0.2) is 23.1 Å². The number of nitrogens with one attached hydrogen (secondary N) is 1. The summed E-state index contributed by atoms with van der Waals surface area (Å²) in [5, 5.41) is 14.5. The smallest absolute Gasteiger partial charge is 0.410 e. The summed E-state index contributed by atoms with van der Waals surface area (Å²) in [5.74, 6) is -15.8. The van der Waals surface area contributed by atoms with Gasteiger partial charge >= 0.3 is 17.9 Å². The summed E-state index contributed by atoms with van der Waals surface area (Å²) >= 11 is 0. The number of halogens is 6. The highest BCUT2D eigenvalue weighted by molar-refractivity contribution is 5.93. The third kappa shape index (κ3) is 6.95. The fourth-order valence-electron chi connectivity index (χ4n) is 6.76. The Labute approximate surface area is 281 Å². The van der Waals surface area contributed by atoms with E-state index in [1.807, 2.05) is 0 Å². The Morgan fingerprint density at radius 3 is 2.26 bits per heavy atom. The van der Waals surface area contributed by atoms with E-state index in [0.717, 1.165) is 0 Å². The average Bonchev–Trinajstić information content (AvgIpc) is 3.79. The van der Waals surface area contributed by atoms with Crippen LogP contribution in [0.1, 0.15) is 85.9 Å². The lowest BCUT2D eigenvalue weighted by Crippen LogP contribution is -2.40. The number of carbonyl (C=O) groups is 3. The van der Waals surface area contributed by atoms with Gasteiger partial charge in [0.25, 0.3) is 5.91 Å². The van der Waals surface area contributed by atoms with Crippen molar-refractivity contribution in [2.24, 2.45) is 11.8 Å². The summed E-state index contributed by atoms with van der Waals surface area (Å²) in [5.41, 5.74) is 0.116. The van der Waals surface area contributed by atoms with E-state index in [-0.39, 0.29) is 55.8 Å². The molecule has 3 aromatic rings. The van der Waals surface area contributed by atoms with Gasteiger partial charge in [0.2, 0.25) is 11.8 Å². The van der Waals surface area contributed by atoms with Crippen LogP contribution in [-0.4, -0.2) is 102 Å². The number of aryl methyl sites for hydroxylation is 1. The lowest BCUT2D eigenvalue weighted by Gasteiger charge is -2.33. The number of amides is 3. The van der Waals surface area contributed by atoms with E-state index in [4.69, 9.17) is 4.74 Å². The number of rotatable bonds is 6. The van der Waals surface area contributed by atoms with Crippen LogP contribution in [-0.2, 0) is 9.53 Å². The molecule has 2 aliphatic heterocycles. The van der Waals surface area contributed by atoms with Crippen LogP contribution in [0.25, 0.3) is 5.65 Å². The van der Waals surface area contributed by atoms with Gasteiger partial charge in [-0.15, -0.1) is 0 Å². The molecule has 272 valence electrons. The SMILES string of the molecule is Cc1nonc1C(=O)N[C@H](c1cn2ncc([C@@H]3CN(C(=O)OC(C)(C)C)C[C@@H]3C(=O)N3CC(F)(F)C(F)(F)C3)cc2n1)C1CCC(F)(F)CC1. The monoisotopic (exact) mass is 714 g/mol. The van der Waals surface area contributed by atoms with Gasteiger partial charge in [-0.05, 0) is 63.2 Å². The van der Waals surface area contributed by atoms with Gasteiger partial charge in [0.15, 0.2) is 11.3 Å². The molecule has 19 heteroatoms. The highest BCUT2D eigenvalue weighted by Gasteiger charge is 2.64. The van der Waals surface area contributed by atoms with Crippen LogP contribution >= 0.6 is 0 Å². The molecule has 6 rings (SSSR count). The molecule has 3 aromatic heterocycles. The minimum Gasteiger partial charge on any atom is -0.444 e. The number of nitrogens with zero attached hydrogens (tertiary/aromatic N) is 7. The number of fused-ring (bicyclic) bond motifs is 1. The largest absolute Gasteiger partial charge is 0.444 e. The third-order valence-electron chi connectivity index (χ3n) is 9.41. The van der Waals surface area contributed by atoms with Crippen LogP contribution in [0.3, 0.4) is 0 Å². The molecule has 13 nitrogen and oxygen atoms in total. The second-order valence-corrected chi connectivity index (χ2v) is 14.3. The number of imidazole rings is 1. The highest BCUT2D eigenvalue weighted by Crippen LogP contribution is 2.44. The maximum absolute atomic E-state index is 14.1. The highest BCUT2D eigenvalue weighted by atomic mass is 19.3. The van der Waals surface area contributed by atoms with Crippen molar-refractivity contribution in [1.82, 2.24) is 40.0 Å². The first-order chi connectivity index (χ1) is 23.2. The molecular formula is C31H36F6N8O5. The molecule has 0 bridgehead atoms. The molecular weight excluding hydrogens is 678 g/mol. The first-order valence-corrected chi connectivity index (χ1v) is 16.1. The van der Waals surface area contributed by atoms with Gasteiger partial charge in [0.1, 0.15) is 11.3 Å². The topological polar surface area (TPSA) is 148 Å². The fourth-order valence-corrected chi connectivity index (χ4v) is 6.76. The molecule has 1 aliphatic carbocycles. The summed E-state index contributed by atoms with van der Waals surface area (Å²) in [4.78, 5) is 46.0. The average molecular weight is 715 g/mol. The molecule has 2 saturated heterocycles. The lowest BCUT2D eigenvalue weighted by molar-refractivity contribution is -0.172. The summed E-state index contributed by atoms with van der Waals surface area (Å²) < 4.78 is 96.0. The molecule has 0 spiro atoms. The van der Waals surface area contributed by atoms with Gasteiger partial charge in [-0.3, -0.25) is 9.59 Å². The van der Waals surface area contributed by atoms with Crippen molar-refractivity contribution in [3.8, 4) is 0 Å².